The molecule has 102 valence electrons. The van der Waals surface area contributed by atoms with Gasteiger partial charge in [-0.15, -0.1) is 0 Å². The van der Waals surface area contributed by atoms with Crippen molar-refractivity contribution in [3.8, 4) is 5.88 Å². The highest BCUT2D eigenvalue weighted by molar-refractivity contribution is 5.64. The Morgan fingerprint density at radius 2 is 1.75 bits per heavy atom. The van der Waals surface area contributed by atoms with Crippen LogP contribution in [0.5, 0.6) is 5.88 Å². The highest BCUT2D eigenvalue weighted by Gasteiger charge is 2.14. The molecule has 6 heteroatoms. The third kappa shape index (κ3) is 2.45. The first kappa shape index (κ1) is 12.5. The summed E-state index contributed by atoms with van der Waals surface area (Å²) in [5.74, 6) is 0.483. The Morgan fingerprint density at radius 3 is 2.45 bits per heavy atom. The highest BCUT2D eigenvalue weighted by atomic mass is 16.6. The quantitative estimate of drug-likeness (QED) is 0.724. The Kier molecular flexibility index (Phi) is 3.28. The smallest absolute Gasteiger partial charge is 0.246 e. The van der Waals surface area contributed by atoms with Gasteiger partial charge >= 0.3 is 0 Å². The molecule has 0 spiro atoms. The molecular formula is C14H14N4O2. The predicted octanol–water partition coefficient (Wildman–Crippen LogP) is 2.31. The van der Waals surface area contributed by atoms with Gasteiger partial charge in [-0.3, -0.25) is 0 Å². The Bertz CT molecular complexity index is 722. The Labute approximate surface area is 115 Å². The van der Waals surface area contributed by atoms with Crippen LogP contribution in [0.15, 0.2) is 28.9 Å². The molecule has 0 N–H and O–H groups in total. The van der Waals surface area contributed by atoms with Gasteiger partial charge in [-0.05, 0) is 29.7 Å². The number of hydrogen-bond donors (Lipinski definition) is 0. The molecule has 0 aliphatic rings. The van der Waals surface area contributed by atoms with Crippen molar-refractivity contribution in [3.05, 3.63) is 41.1 Å². The number of ether oxygens (including phenoxy) is 1. The molecule has 6 nitrogen and oxygen atoms in total. The van der Waals surface area contributed by atoms with E-state index in [-0.39, 0.29) is 0 Å². The molecule has 0 fully saturated rings. The summed E-state index contributed by atoms with van der Waals surface area (Å²) in [6.45, 7) is 4.48. The van der Waals surface area contributed by atoms with Crippen LogP contribution in [0.1, 0.15) is 23.7 Å². The van der Waals surface area contributed by atoms with Gasteiger partial charge in [0.2, 0.25) is 17.2 Å². The van der Waals surface area contributed by atoms with Crippen LogP contribution in [0.2, 0.25) is 0 Å². The number of aryl methyl sites for hydroxylation is 1. The van der Waals surface area contributed by atoms with Gasteiger partial charge in [-0.1, -0.05) is 29.8 Å². The lowest BCUT2D eigenvalue weighted by atomic mass is 10.1. The van der Waals surface area contributed by atoms with E-state index in [1.165, 1.54) is 5.56 Å². The lowest BCUT2D eigenvalue weighted by Crippen LogP contribution is -2.03. The van der Waals surface area contributed by atoms with E-state index in [1.807, 2.05) is 6.92 Å². The van der Waals surface area contributed by atoms with Gasteiger partial charge in [0.25, 0.3) is 0 Å². The third-order valence-electron chi connectivity index (χ3n) is 2.92. The van der Waals surface area contributed by atoms with Crippen LogP contribution < -0.4 is 4.74 Å². The summed E-state index contributed by atoms with van der Waals surface area (Å²) in [5.41, 5.74) is 3.86. The van der Waals surface area contributed by atoms with Gasteiger partial charge in [0.1, 0.15) is 5.69 Å². The van der Waals surface area contributed by atoms with Crippen LogP contribution in [-0.4, -0.2) is 26.9 Å². The van der Waals surface area contributed by atoms with Gasteiger partial charge in [0.05, 0.1) is 6.61 Å². The maximum atomic E-state index is 5.53. The van der Waals surface area contributed by atoms with E-state index in [9.17, 15) is 0 Å². The Hall–Kier alpha value is -2.50. The van der Waals surface area contributed by atoms with Crippen LogP contribution in [0.25, 0.3) is 11.3 Å². The second-order valence-electron chi connectivity index (χ2n) is 4.48. The fourth-order valence-corrected chi connectivity index (χ4v) is 1.92. The summed E-state index contributed by atoms with van der Waals surface area (Å²) < 4.78 is 10.2. The van der Waals surface area contributed by atoms with E-state index in [0.29, 0.717) is 30.2 Å². The summed E-state index contributed by atoms with van der Waals surface area (Å²) in [5, 5.41) is 7.40. The molecule has 2 heterocycles. The van der Waals surface area contributed by atoms with Gasteiger partial charge in [0, 0.05) is 6.42 Å². The first-order valence-corrected chi connectivity index (χ1v) is 6.44. The standard InChI is InChI=1S/C14H14N4O2/c1-3-19-14-11(8-10-6-4-9(2)5-7-10)15-12-13(16-14)18-20-17-12/h4-7H,3,8H2,1-2H3. The molecule has 2 aromatic heterocycles. The van der Waals surface area contributed by atoms with Crippen LogP contribution in [-0.2, 0) is 6.42 Å². The van der Waals surface area contributed by atoms with Gasteiger partial charge < -0.3 is 4.74 Å². The van der Waals surface area contributed by atoms with Crippen LogP contribution in [0.4, 0.5) is 0 Å². The van der Waals surface area contributed by atoms with Crippen molar-refractivity contribution in [1.29, 1.82) is 0 Å². The molecular weight excluding hydrogens is 256 g/mol. The molecule has 3 aromatic rings. The maximum Gasteiger partial charge on any atom is 0.246 e. The van der Waals surface area contributed by atoms with Crippen molar-refractivity contribution >= 4 is 11.3 Å². The minimum absolute atomic E-state index is 0.362. The number of aromatic nitrogens is 4. The summed E-state index contributed by atoms with van der Waals surface area (Å²) in [4.78, 5) is 8.70. The molecule has 0 aliphatic heterocycles. The van der Waals surface area contributed by atoms with Crippen molar-refractivity contribution in [2.75, 3.05) is 6.61 Å². The van der Waals surface area contributed by atoms with Crippen LogP contribution >= 0.6 is 0 Å². The molecule has 0 saturated heterocycles. The van der Waals surface area contributed by atoms with E-state index >= 15 is 0 Å². The summed E-state index contributed by atoms with van der Waals surface area (Å²) in [7, 11) is 0. The van der Waals surface area contributed by atoms with Crippen LogP contribution in [0.3, 0.4) is 0 Å². The van der Waals surface area contributed by atoms with Gasteiger partial charge in [-0.2, -0.15) is 4.98 Å². The molecule has 20 heavy (non-hydrogen) atoms. The first-order chi connectivity index (χ1) is 9.76. The SMILES string of the molecule is CCOc1nc2nonc2nc1Cc1ccc(C)cc1. The van der Waals surface area contributed by atoms with Crippen molar-refractivity contribution in [3.63, 3.8) is 0 Å². The molecule has 0 aliphatic carbocycles. The molecule has 0 amide bonds. The zero-order chi connectivity index (χ0) is 13.9. The number of hydrogen-bond acceptors (Lipinski definition) is 6. The van der Waals surface area contributed by atoms with Crippen molar-refractivity contribution < 1.29 is 9.37 Å². The fraction of sp³-hybridized carbons (Fsp3) is 0.286. The second-order valence-corrected chi connectivity index (χ2v) is 4.48. The summed E-state index contributed by atoms with van der Waals surface area (Å²) >= 11 is 0. The first-order valence-electron chi connectivity index (χ1n) is 6.44. The molecule has 0 atom stereocenters. The summed E-state index contributed by atoms with van der Waals surface area (Å²) in [6.07, 6.45) is 0.630. The fourth-order valence-electron chi connectivity index (χ4n) is 1.92. The molecule has 3 rings (SSSR count). The molecule has 0 unspecified atom stereocenters. The minimum atomic E-state index is 0.362. The lowest BCUT2D eigenvalue weighted by molar-refractivity contribution is 0.312. The Balaban J connectivity index is 1.99. The zero-order valence-corrected chi connectivity index (χ0v) is 11.3. The third-order valence-corrected chi connectivity index (χ3v) is 2.92. The van der Waals surface area contributed by atoms with Gasteiger partial charge in [0.15, 0.2) is 0 Å². The van der Waals surface area contributed by atoms with Gasteiger partial charge in [-0.25, -0.2) is 9.61 Å². The largest absolute Gasteiger partial charge is 0.477 e. The molecule has 0 saturated carbocycles. The van der Waals surface area contributed by atoms with Crippen LogP contribution in [0, 0.1) is 6.92 Å². The van der Waals surface area contributed by atoms with E-state index in [2.05, 4.69) is 56.1 Å². The lowest BCUT2D eigenvalue weighted by Gasteiger charge is -2.07. The van der Waals surface area contributed by atoms with Crippen molar-refractivity contribution in [2.24, 2.45) is 0 Å². The second kappa shape index (κ2) is 5.24. The zero-order valence-electron chi connectivity index (χ0n) is 11.3. The highest BCUT2D eigenvalue weighted by Crippen LogP contribution is 2.20. The minimum Gasteiger partial charge on any atom is -0.477 e. The summed E-state index contributed by atoms with van der Waals surface area (Å²) in [6, 6.07) is 8.27. The topological polar surface area (TPSA) is 73.9 Å². The van der Waals surface area contributed by atoms with Crippen molar-refractivity contribution in [1.82, 2.24) is 20.3 Å². The average Bonchev–Trinajstić information content (AvgIpc) is 2.89. The maximum absolute atomic E-state index is 5.53. The average molecular weight is 270 g/mol. The number of rotatable bonds is 4. The number of benzene rings is 1. The van der Waals surface area contributed by atoms with E-state index in [0.717, 1.165) is 11.3 Å². The van der Waals surface area contributed by atoms with E-state index < -0.39 is 0 Å². The van der Waals surface area contributed by atoms with E-state index in [1.54, 1.807) is 0 Å². The number of fused-ring (bicyclic) bond motifs is 1. The van der Waals surface area contributed by atoms with Crippen molar-refractivity contribution in [2.45, 2.75) is 20.3 Å². The van der Waals surface area contributed by atoms with E-state index in [4.69, 9.17) is 4.74 Å². The normalized spacial score (nSPS) is 10.9. The Morgan fingerprint density at radius 1 is 1.05 bits per heavy atom. The number of nitrogens with zero attached hydrogens (tertiary/aromatic N) is 4. The molecule has 0 bridgehead atoms. The molecule has 1 aromatic carbocycles. The molecule has 0 radical (unpaired) electrons. The monoisotopic (exact) mass is 270 g/mol. The predicted molar refractivity (Wildman–Crippen MR) is 72.5 cm³/mol.